The van der Waals surface area contributed by atoms with Crippen LogP contribution in [0.2, 0.25) is 0 Å². The summed E-state index contributed by atoms with van der Waals surface area (Å²) in [5, 5.41) is 11.4. The number of aromatic amines is 1. The van der Waals surface area contributed by atoms with Crippen molar-refractivity contribution in [2.45, 2.75) is 6.04 Å². The van der Waals surface area contributed by atoms with Crippen molar-refractivity contribution in [3.05, 3.63) is 83.4 Å². The zero-order valence-electron chi connectivity index (χ0n) is 19.8. The number of H-pyrrole nitrogens is 1. The van der Waals surface area contributed by atoms with Gasteiger partial charge in [0.05, 0.1) is 49.5 Å². The molecule has 36 heavy (non-hydrogen) atoms. The number of aromatic nitrogens is 2. The molecule has 2 N–H and O–H groups in total. The third-order valence-electron chi connectivity index (χ3n) is 6.12. The number of ether oxygens (including phenoxy) is 3. The number of aliphatic hydroxyl groups is 1. The van der Waals surface area contributed by atoms with Crippen LogP contribution in [0.15, 0.2) is 72.3 Å². The summed E-state index contributed by atoms with van der Waals surface area (Å²) < 4.78 is 16.0. The molecule has 2 heterocycles. The number of benzene rings is 3. The molecule has 9 heteroatoms. The zero-order valence-corrected chi connectivity index (χ0v) is 19.8. The van der Waals surface area contributed by atoms with Gasteiger partial charge in [0, 0.05) is 6.07 Å². The molecule has 0 radical (unpaired) electrons. The molecule has 1 amide bonds. The average Bonchev–Trinajstić information content (AvgIpc) is 3.45. The maximum absolute atomic E-state index is 13.4. The normalized spacial score (nSPS) is 17.0. The second-order valence-electron chi connectivity index (χ2n) is 8.09. The molecule has 1 aromatic heterocycles. The fourth-order valence-corrected chi connectivity index (χ4v) is 4.38. The van der Waals surface area contributed by atoms with Gasteiger partial charge in [-0.05, 0) is 42.0 Å². The molecular formula is C27H23N3O6. The molecule has 0 saturated carbocycles. The molecule has 1 aliphatic rings. The van der Waals surface area contributed by atoms with E-state index in [1.165, 1.54) is 19.1 Å². The Balaban J connectivity index is 1.75. The van der Waals surface area contributed by atoms with Crippen molar-refractivity contribution >= 4 is 34.4 Å². The van der Waals surface area contributed by atoms with Crippen molar-refractivity contribution in [3.63, 3.8) is 0 Å². The van der Waals surface area contributed by atoms with Crippen LogP contribution in [0.3, 0.4) is 0 Å². The van der Waals surface area contributed by atoms with Crippen molar-refractivity contribution in [1.29, 1.82) is 0 Å². The number of methoxy groups -OCH3 is 3. The monoisotopic (exact) mass is 485 g/mol. The van der Waals surface area contributed by atoms with Gasteiger partial charge in [-0.2, -0.15) is 0 Å². The van der Waals surface area contributed by atoms with Crippen LogP contribution in [-0.2, 0) is 9.59 Å². The number of hydrogen-bond donors (Lipinski definition) is 2. The maximum Gasteiger partial charge on any atom is 0.302 e. The summed E-state index contributed by atoms with van der Waals surface area (Å²) in [4.78, 5) is 35.8. The summed E-state index contributed by atoms with van der Waals surface area (Å²) >= 11 is 0. The largest absolute Gasteiger partial charge is 0.507 e. The molecule has 0 bridgehead atoms. The first-order valence-corrected chi connectivity index (χ1v) is 11.1. The molecular weight excluding hydrogens is 462 g/mol. The molecule has 1 unspecified atom stereocenters. The number of amides is 1. The van der Waals surface area contributed by atoms with Gasteiger partial charge < -0.3 is 24.3 Å². The van der Waals surface area contributed by atoms with Crippen molar-refractivity contribution in [1.82, 2.24) is 9.97 Å². The number of para-hydroxylation sites is 1. The Hall–Kier alpha value is -4.79. The van der Waals surface area contributed by atoms with E-state index in [1.54, 1.807) is 73.8 Å². The molecule has 1 atom stereocenters. The lowest BCUT2D eigenvalue weighted by atomic mass is 9.95. The number of nitrogens with one attached hydrogen (secondary N) is 1. The number of imidazole rings is 1. The minimum atomic E-state index is -0.979. The van der Waals surface area contributed by atoms with E-state index in [4.69, 9.17) is 14.2 Å². The SMILES string of the molecule is COc1cccc(C2/C(=C(\O)c3ccccc3OC)C(=O)C(=O)N2c2nc3ccc(OC)cc3[nH]2)c1. The molecule has 1 fully saturated rings. The first-order valence-electron chi connectivity index (χ1n) is 11.1. The Labute approximate surface area is 206 Å². The van der Waals surface area contributed by atoms with Gasteiger partial charge in [0.1, 0.15) is 23.0 Å². The Morgan fingerprint density at radius 2 is 1.67 bits per heavy atom. The summed E-state index contributed by atoms with van der Waals surface area (Å²) in [6, 6.07) is 18.0. The summed E-state index contributed by atoms with van der Waals surface area (Å²) in [5.41, 5.74) is 1.97. The highest BCUT2D eigenvalue weighted by molar-refractivity contribution is 6.51. The molecule has 4 aromatic rings. The number of anilines is 1. The van der Waals surface area contributed by atoms with Crippen LogP contribution in [0, 0.1) is 0 Å². The number of Topliss-reactive ketones (excluding diaryl/α,β-unsaturated/α-hetero) is 1. The number of nitrogens with zero attached hydrogens (tertiary/aromatic N) is 2. The summed E-state index contributed by atoms with van der Waals surface area (Å²) in [6.45, 7) is 0. The second-order valence-corrected chi connectivity index (χ2v) is 8.09. The topological polar surface area (TPSA) is 114 Å². The van der Waals surface area contributed by atoms with Crippen LogP contribution in [0.4, 0.5) is 5.95 Å². The summed E-state index contributed by atoms with van der Waals surface area (Å²) in [7, 11) is 4.54. The molecule has 5 rings (SSSR count). The van der Waals surface area contributed by atoms with Gasteiger partial charge in [-0.3, -0.25) is 14.5 Å². The van der Waals surface area contributed by atoms with Crippen LogP contribution >= 0.6 is 0 Å². The second kappa shape index (κ2) is 9.10. The molecule has 182 valence electrons. The highest BCUT2D eigenvalue weighted by Gasteiger charge is 2.48. The average molecular weight is 485 g/mol. The Bertz CT molecular complexity index is 1520. The number of aliphatic hydroxyl groups excluding tert-OH is 1. The lowest BCUT2D eigenvalue weighted by Crippen LogP contribution is -2.30. The quantitative estimate of drug-likeness (QED) is 0.239. The van der Waals surface area contributed by atoms with Crippen LogP contribution in [0.25, 0.3) is 16.8 Å². The van der Waals surface area contributed by atoms with Crippen LogP contribution < -0.4 is 19.1 Å². The Morgan fingerprint density at radius 3 is 2.42 bits per heavy atom. The fraction of sp³-hybridized carbons (Fsp3) is 0.148. The van der Waals surface area contributed by atoms with E-state index in [2.05, 4.69) is 9.97 Å². The number of hydrogen-bond acceptors (Lipinski definition) is 7. The van der Waals surface area contributed by atoms with Gasteiger partial charge in [-0.1, -0.05) is 24.3 Å². The van der Waals surface area contributed by atoms with Crippen molar-refractivity contribution in [2.75, 3.05) is 26.2 Å². The first-order chi connectivity index (χ1) is 17.5. The van der Waals surface area contributed by atoms with E-state index in [9.17, 15) is 14.7 Å². The summed E-state index contributed by atoms with van der Waals surface area (Å²) in [5.74, 6) is -0.355. The minimum absolute atomic E-state index is 0.0872. The third kappa shape index (κ3) is 3.70. The minimum Gasteiger partial charge on any atom is -0.507 e. The molecule has 1 aliphatic heterocycles. The van der Waals surface area contributed by atoms with E-state index in [1.807, 2.05) is 0 Å². The molecule has 1 saturated heterocycles. The number of fused-ring (bicyclic) bond motifs is 1. The van der Waals surface area contributed by atoms with Crippen LogP contribution in [0.1, 0.15) is 17.2 Å². The molecule has 3 aromatic carbocycles. The van der Waals surface area contributed by atoms with E-state index >= 15 is 0 Å². The highest BCUT2D eigenvalue weighted by atomic mass is 16.5. The number of rotatable bonds is 6. The van der Waals surface area contributed by atoms with Gasteiger partial charge in [0.15, 0.2) is 0 Å². The number of ketones is 1. The Morgan fingerprint density at radius 1 is 0.917 bits per heavy atom. The zero-order chi connectivity index (χ0) is 25.4. The van der Waals surface area contributed by atoms with Crippen LogP contribution in [-0.4, -0.2) is 48.1 Å². The predicted octanol–water partition coefficient (Wildman–Crippen LogP) is 4.22. The lowest BCUT2D eigenvalue weighted by Gasteiger charge is -2.23. The van der Waals surface area contributed by atoms with Gasteiger partial charge in [-0.25, -0.2) is 4.98 Å². The summed E-state index contributed by atoms with van der Waals surface area (Å²) in [6.07, 6.45) is 0. The molecule has 9 nitrogen and oxygen atoms in total. The third-order valence-corrected chi connectivity index (χ3v) is 6.12. The predicted molar refractivity (Wildman–Crippen MR) is 133 cm³/mol. The van der Waals surface area contributed by atoms with E-state index in [0.717, 1.165) is 0 Å². The van der Waals surface area contributed by atoms with Crippen LogP contribution in [0.5, 0.6) is 17.2 Å². The number of carbonyl (C=O) groups excluding carboxylic acids is 2. The van der Waals surface area contributed by atoms with Gasteiger partial charge in [0.25, 0.3) is 5.78 Å². The van der Waals surface area contributed by atoms with E-state index in [0.29, 0.717) is 39.4 Å². The highest BCUT2D eigenvalue weighted by Crippen LogP contribution is 2.43. The van der Waals surface area contributed by atoms with Gasteiger partial charge >= 0.3 is 5.91 Å². The van der Waals surface area contributed by atoms with E-state index in [-0.39, 0.29) is 17.3 Å². The van der Waals surface area contributed by atoms with Crippen molar-refractivity contribution < 1.29 is 28.9 Å². The molecule has 0 aliphatic carbocycles. The first kappa shape index (κ1) is 23.0. The van der Waals surface area contributed by atoms with Gasteiger partial charge in [0.2, 0.25) is 5.95 Å². The van der Waals surface area contributed by atoms with E-state index < -0.39 is 17.7 Å². The van der Waals surface area contributed by atoms with Gasteiger partial charge in [-0.15, -0.1) is 0 Å². The lowest BCUT2D eigenvalue weighted by molar-refractivity contribution is -0.132. The smallest absolute Gasteiger partial charge is 0.302 e. The fourth-order valence-electron chi connectivity index (χ4n) is 4.38. The number of carbonyl (C=O) groups is 2. The maximum atomic E-state index is 13.4. The van der Waals surface area contributed by atoms with Crippen molar-refractivity contribution in [3.8, 4) is 17.2 Å². The molecule has 0 spiro atoms. The Kier molecular flexibility index (Phi) is 5.81. The standard InChI is InChI=1S/C27H23N3O6/c1-34-16-8-6-7-15(13-16)23-22(24(31)18-9-4-5-10-21(18)36-3)25(32)26(33)30(23)27-28-19-12-11-17(35-2)14-20(19)29-27/h4-14,23,31H,1-3H3,(H,28,29)/b24-22+. The van der Waals surface area contributed by atoms with Crippen molar-refractivity contribution in [2.24, 2.45) is 0 Å².